The van der Waals surface area contributed by atoms with Gasteiger partial charge in [0.1, 0.15) is 17.5 Å². The van der Waals surface area contributed by atoms with Crippen molar-refractivity contribution in [2.45, 2.75) is 56.8 Å². The summed E-state index contributed by atoms with van der Waals surface area (Å²) in [7, 11) is 2.10. The van der Waals surface area contributed by atoms with Gasteiger partial charge in [0.2, 0.25) is 12.4 Å². The van der Waals surface area contributed by atoms with Gasteiger partial charge in [-0.05, 0) is 82.3 Å². The third-order valence-electron chi connectivity index (χ3n) is 7.70. The summed E-state index contributed by atoms with van der Waals surface area (Å²) in [6.07, 6.45) is 4.55. The number of esters is 1. The SMILES string of the molecule is Cc1ccc([C@@](O)(C(=O)O[C@H]2CC[C@H](N(C)CCCNc3c(N=N)cc(C=O)c4c3OCO4)CC2)c2cccs2)s1. The van der Waals surface area contributed by atoms with Crippen LogP contribution in [0.15, 0.2) is 40.8 Å². The van der Waals surface area contributed by atoms with Gasteiger partial charge >= 0.3 is 5.97 Å². The molecule has 1 aliphatic heterocycles. The molecule has 0 saturated heterocycles. The Kier molecular flexibility index (Phi) is 9.03. The largest absolute Gasteiger partial charge is 0.460 e. The maximum absolute atomic E-state index is 13.4. The molecule has 3 heterocycles. The van der Waals surface area contributed by atoms with Gasteiger partial charge in [-0.25, -0.2) is 10.3 Å². The van der Waals surface area contributed by atoms with Gasteiger partial charge in [-0.2, -0.15) is 5.11 Å². The monoisotopic (exact) mass is 598 g/mol. The lowest BCUT2D eigenvalue weighted by atomic mass is 9.91. The Morgan fingerprint density at radius 1 is 1.24 bits per heavy atom. The highest BCUT2D eigenvalue weighted by molar-refractivity contribution is 7.13. The molecule has 0 radical (unpaired) electrons. The number of anilines is 1. The van der Waals surface area contributed by atoms with E-state index in [4.69, 9.17) is 19.7 Å². The summed E-state index contributed by atoms with van der Waals surface area (Å²) >= 11 is 2.76. The molecule has 1 saturated carbocycles. The van der Waals surface area contributed by atoms with E-state index in [-0.39, 0.29) is 12.9 Å². The Morgan fingerprint density at radius 3 is 2.68 bits per heavy atom. The number of aryl methyl sites for hydroxylation is 1. The van der Waals surface area contributed by atoms with Crippen LogP contribution >= 0.6 is 22.7 Å². The number of rotatable bonds is 12. The summed E-state index contributed by atoms with van der Waals surface area (Å²) in [5, 5.41) is 20.3. The molecule has 41 heavy (non-hydrogen) atoms. The number of thiophene rings is 2. The number of hydrogen-bond acceptors (Lipinski definition) is 12. The maximum atomic E-state index is 13.4. The molecule has 0 spiro atoms. The molecule has 0 bridgehead atoms. The Morgan fingerprint density at radius 2 is 2.02 bits per heavy atom. The zero-order chi connectivity index (χ0) is 29.0. The van der Waals surface area contributed by atoms with Crippen LogP contribution in [0.1, 0.15) is 57.1 Å². The van der Waals surface area contributed by atoms with E-state index in [1.807, 2.05) is 24.4 Å². The minimum atomic E-state index is -1.79. The number of ether oxygens (including phenoxy) is 3. The van der Waals surface area contributed by atoms with Gasteiger partial charge in [0.05, 0.1) is 15.3 Å². The van der Waals surface area contributed by atoms with Crippen LogP contribution in [0.2, 0.25) is 0 Å². The van der Waals surface area contributed by atoms with Crippen molar-refractivity contribution < 1.29 is 28.9 Å². The Labute approximate surface area is 246 Å². The van der Waals surface area contributed by atoms with Crippen LogP contribution < -0.4 is 14.8 Å². The van der Waals surface area contributed by atoms with Crippen LogP contribution in [0.3, 0.4) is 0 Å². The minimum Gasteiger partial charge on any atom is -0.460 e. The number of benzene rings is 1. The first-order chi connectivity index (χ1) is 19.8. The molecule has 218 valence electrons. The van der Waals surface area contributed by atoms with E-state index in [1.165, 1.54) is 28.7 Å². The van der Waals surface area contributed by atoms with Crippen molar-refractivity contribution in [3.8, 4) is 11.5 Å². The van der Waals surface area contributed by atoms with Crippen molar-refractivity contribution in [2.24, 2.45) is 5.11 Å². The minimum absolute atomic E-state index is 0.0219. The van der Waals surface area contributed by atoms with E-state index in [0.717, 1.165) is 43.5 Å². The zero-order valence-electron chi connectivity index (χ0n) is 23.1. The van der Waals surface area contributed by atoms with Crippen LogP contribution in [-0.4, -0.2) is 61.3 Å². The fraction of sp³-hybridized carbons (Fsp3) is 0.448. The molecule has 12 heteroatoms. The number of aliphatic hydroxyl groups is 1. The Bertz CT molecular complexity index is 1390. The molecule has 0 amide bonds. The van der Waals surface area contributed by atoms with Gasteiger partial charge in [0.25, 0.3) is 0 Å². The lowest BCUT2D eigenvalue weighted by molar-refractivity contribution is -0.169. The fourth-order valence-electron chi connectivity index (χ4n) is 5.43. The molecule has 1 atom stereocenters. The first kappa shape index (κ1) is 29.2. The second-order valence-electron chi connectivity index (χ2n) is 10.3. The third kappa shape index (κ3) is 6.01. The zero-order valence-corrected chi connectivity index (χ0v) is 24.7. The van der Waals surface area contributed by atoms with Gasteiger partial charge in [0, 0.05) is 17.5 Å². The standard InChI is InChI=1S/C29H34N4O6S2/c1-18-6-11-24(41-18)29(36,23-5-3-14-40-23)28(35)39-21-9-7-20(8-10-21)33(2)13-4-12-31-25-22(32-30)15-19(16-34)26-27(25)38-17-37-26/h3,5-6,11,14-16,20-21,30-31,36H,4,7-10,12-13,17H2,1-2H3/t20-,21-,29-/m1/s1. The number of carbonyl (C=O) groups excluding carboxylic acids is 2. The predicted molar refractivity (Wildman–Crippen MR) is 157 cm³/mol. The third-order valence-corrected chi connectivity index (χ3v) is 9.79. The fourth-order valence-corrected chi connectivity index (χ4v) is 7.28. The van der Waals surface area contributed by atoms with Gasteiger partial charge in [-0.3, -0.25) is 4.79 Å². The topological polar surface area (TPSA) is 134 Å². The molecule has 5 rings (SSSR count). The lowest BCUT2D eigenvalue weighted by Gasteiger charge is -2.35. The molecule has 2 aliphatic rings. The summed E-state index contributed by atoms with van der Waals surface area (Å²) in [5.74, 6) is 0.191. The predicted octanol–water partition coefficient (Wildman–Crippen LogP) is 5.85. The molecule has 10 nitrogen and oxygen atoms in total. The Balaban J connectivity index is 1.11. The van der Waals surface area contributed by atoms with Gasteiger partial charge in [-0.15, -0.1) is 22.7 Å². The summed E-state index contributed by atoms with van der Waals surface area (Å²) < 4.78 is 16.9. The highest BCUT2D eigenvalue weighted by atomic mass is 32.1. The van der Waals surface area contributed by atoms with E-state index in [2.05, 4.69) is 22.4 Å². The van der Waals surface area contributed by atoms with Crippen LogP contribution in [-0.2, 0) is 15.1 Å². The second-order valence-corrected chi connectivity index (χ2v) is 12.6. The van der Waals surface area contributed by atoms with Crippen molar-refractivity contribution in [1.82, 2.24) is 4.90 Å². The summed E-state index contributed by atoms with van der Waals surface area (Å²) in [6.45, 7) is 3.44. The van der Waals surface area contributed by atoms with E-state index in [9.17, 15) is 14.7 Å². The average molecular weight is 599 g/mol. The normalized spacial score (nSPS) is 19.5. The van der Waals surface area contributed by atoms with Crippen molar-refractivity contribution in [3.63, 3.8) is 0 Å². The smallest absolute Gasteiger partial charge is 0.349 e. The van der Waals surface area contributed by atoms with E-state index in [1.54, 1.807) is 12.1 Å². The van der Waals surface area contributed by atoms with Gasteiger partial charge < -0.3 is 29.5 Å². The number of nitrogens with one attached hydrogen (secondary N) is 2. The van der Waals surface area contributed by atoms with E-state index >= 15 is 0 Å². The van der Waals surface area contributed by atoms with Crippen LogP contribution in [0.5, 0.6) is 11.5 Å². The van der Waals surface area contributed by atoms with Crippen LogP contribution in [0.25, 0.3) is 0 Å². The van der Waals surface area contributed by atoms with Crippen molar-refractivity contribution >= 4 is 46.3 Å². The molecule has 1 aliphatic carbocycles. The number of fused-ring (bicyclic) bond motifs is 1. The summed E-state index contributed by atoms with van der Waals surface area (Å²) in [5.41, 5.74) is 6.91. The Hall–Kier alpha value is -3.32. The van der Waals surface area contributed by atoms with Gasteiger partial charge in [0.15, 0.2) is 17.8 Å². The maximum Gasteiger partial charge on any atom is 0.349 e. The number of aldehydes is 1. The van der Waals surface area contributed by atoms with Crippen molar-refractivity contribution in [3.05, 3.63) is 55.9 Å². The quantitative estimate of drug-likeness (QED) is 0.102. The number of hydrogen-bond donors (Lipinski definition) is 3. The van der Waals surface area contributed by atoms with Crippen LogP contribution in [0, 0.1) is 12.5 Å². The van der Waals surface area contributed by atoms with Gasteiger partial charge in [-0.1, -0.05) is 6.07 Å². The molecule has 3 aromatic rings. The second kappa shape index (κ2) is 12.7. The van der Waals surface area contributed by atoms with Crippen molar-refractivity contribution in [1.29, 1.82) is 5.53 Å². The molecule has 3 N–H and O–H groups in total. The summed E-state index contributed by atoms with van der Waals surface area (Å²) in [4.78, 5) is 29.2. The highest BCUT2D eigenvalue weighted by Crippen LogP contribution is 2.47. The first-order valence-electron chi connectivity index (χ1n) is 13.6. The molecular formula is C29H34N4O6S2. The van der Waals surface area contributed by atoms with Crippen molar-refractivity contribution in [2.75, 3.05) is 32.2 Å². The lowest BCUT2D eigenvalue weighted by Crippen LogP contribution is -2.42. The number of carbonyl (C=O) groups is 2. The molecular weight excluding hydrogens is 564 g/mol. The van der Waals surface area contributed by atoms with E-state index in [0.29, 0.717) is 57.1 Å². The van der Waals surface area contributed by atoms with Crippen LogP contribution in [0.4, 0.5) is 11.4 Å². The average Bonchev–Trinajstić information content (AvgIpc) is 3.77. The molecule has 0 unspecified atom stereocenters. The summed E-state index contributed by atoms with van der Waals surface area (Å²) in [6, 6.07) is 9.21. The number of nitrogens with zero attached hydrogens (tertiary/aromatic N) is 2. The highest BCUT2D eigenvalue weighted by Gasteiger charge is 2.45. The molecule has 1 fully saturated rings. The van der Waals surface area contributed by atoms with E-state index < -0.39 is 11.6 Å². The first-order valence-corrected chi connectivity index (χ1v) is 15.3. The molecule has 1 aromatic carbocycles. The molecule has 2 aromatic heterocycles.